The predicted octanol–water partition coefficient (Wildman–Crippen LogP) is 2.06. The summed E-state index contributed by atoms with van der Waals surface area (Å²) in [6.45, 7) is 13.9. The first kappa shape index (κ1) is 17.2. The molecule has 1 fully saturated rings. The summed E-state index contributed by atoms with van der Waals surface area (Å²) >= 11 is 0. The van der Waals surface area contributed by atoms with Gasteiger partial charge in [-0.15, -0.1) is 0 Å². The summed E-state index contributed by atoms with van der Waals surface area (Å²) in [6.07, 6.45) is 1.81. The average Bonchev–Trinajstić information content (AvgIpc) is 2.38. The largest absolute Gasteiger partial charge is 0.444 e. The molecule has 1 heterocycles. The van der Waals surface area contributed by atoms with E-state index in [1.165, 1.54) is 0 Å². The van der Waals surface area contributed by atoms with E-state index in [0.29, 0.717) is 13.1 Å². The van der Waals surface area contributed by atoms with Crippen LogP contribution in [0.25, 0.3) is 0 Å². The van der Waals surface area contributed by atoms with Crippen LogP contribution in [0.2, 0.25) is 0 Å². The van der Waals surface area contributed by atoms with Gasteiger partial charge in [0.15, 0.2) is 0 Å². The van der Waals surface area contributed by atoms with Crippen LogP contribution in [0.3, 0.4) is 0 Å². The Balaban J connectivity index is 2.80. The zero-order chi connectivity index (χ0) is 15.4. The lowest BCUT2D eigenvalue weighted by Crippen LogP contribution is -2.63. The summed E-state index contributed by atoms with van der Waals surface area (Å²) in [5.74, 6) is 0. The van der Waals surface area contributed by atoms with Crippen LogP contribution in [0.15, 0.2) is 0 Å². The van der Waals surface area contributed by atoms with Crippen LogP contribution in [0.1, 0.15) is 47.5 Å². The SMILES string of the molecule is CCN(CC)C1(CN)CCCN(C(=O)OC(C)(C)C)C1. The minimum atomic E-state index is -0.449. The van der Waals surface area contributed by atoms with Crippen LogP contribution in [-0.4, -0.2) is 59.8 Å². The van der Waals surface area contributed by atoms with Crippen molar-refractivity contribution in [3.63, 3.8) is 0 Å². The van der Waals surface area contributed by atoms with Crippen molar-refractivity contribution in [3.05, 3.63) is 0 Å². The van der Waals surface area contributed by atoms with Gasteiger partial charge in [-0.25, -0.2) is 4.79 Å². The second-order valence-electron chi connectivity index (χ2n) is 6.61. The Labute approximate surface area is 123 Å². The minimum Gasteiger partial charge on any atom is -0.444 e. The number of likely N-dealkylation sites (tertiary alicyclic amines) is 1. The molecule has 0 saturated carbocycles. The maximum Gasteiger partial charge on any atom is 0.410 e. The normalized spacial score (nSPS) is 24.1. The second-order valence-corrected chi connectivity index (χ2v) is 6.61. The highest BCUT2D eigenvalue weighted by Gasteiger charge is 2.40. The molecule has 1 aliphatic rings. The molecule has 2 N–H and O–H groups in total. The van der Waals surface area contributed by atoms with Crippen molar-refractivity contribution < 1.29 is 9.53 Å². The number of hydrogen-bond acceptors (Lipinski definition) is 4. The number of carbonyl (C=O) groups excluding carboxylic acids is 1. The van der Waals surface area contributed by atoms with E-state index >= 15 is 0 Å². The summed E-state index contributed by atoms with van der Waals surface area (Å²) < 4.78 is 5.49. The molecule has 1 aliphatic heterocycles. The van der Waals surface area contributed by atoms with Crippen LogP contribution in [0.4, 0.5) is 4.79 Å². The highest BCUT2D eigenvalue weighted by Crippen LogP contribution is 2.27. The van der Waals surface area contributed by atoms with Gasteiger partial charge in [0, 0.05) is 19.6 Å². The summed E-state index contributed by atoms with van der Waals surface area (Å²) in [4.78, 5) is 16.5. The Morgan fingerprint density at radius 3 is 2.40 bits per heavy atom. The molecule has 0 spiro atoms. The lowest BCUT2D eigenvalue weighted by Gasteiger charge is -2.48. The van der Waals surface area contributed by atoms with Gasteiger partial charge in [-0.2, -0.15) is 0 Å². The maximum absolute atomic E-state index is 12.3. The van der Waals surface area contributed by atoms with Gasteiger partial charge in [0.05, 0.1) is 5.54 Å². The summed E-state index contributed by atoms with van der Waals surface area (Å²) in [6, 6.07) is 0. The molecule has 0 bridgehead atoms. The van der Waals surface area contributed by atoms with Crippen LogP contribution >= 0.6 is 0 Å². The molecule has 0 aromatic rings. The van der Waals surface area contributed by atoms with Crippen molar-refractivity contribution in [1.82, 2.24) is 9.80 Å². The standard InChI is InChI=1S/C15H31N3O2/c1-6-18(7-2)15(11-16)9-8-10-17(12-15)13(19)20-14(3,4)5/h6-12,16H2,1-5H3. The van der Waals surface area contributed by atoms with Gasteiger partial charge in [0.1, 0.15) is 5.60 Å². The number of nitrogens with zero attached hydrogens (tertiary/aromatic N) is 2. The Hall–Kier alpha value is -0.810. The van der Waals surface area contributed by atoms with Gasteiger partial charge in [0.25, 0.3) is 0 Å². The number of ether oxygens (including phenoxy) is 1. The number of likely N-dealkylation sites (N-methyl/N-ethyl adjacent to an activating group) is 1. The number of piperidine rings is 1. The van der Waals surface area contributed by atoms with E-state index in [4.69, 9.17) is 10.5 Å². The molecule has 0 radical (unpaired) electrons. The monoisotopic (exact) mass is 285 g/mol. The lowest BCUT2D eigenvalue weighted by molar-refractivity contribution is -0.0113. The van der Waals surface area contributed by atoms with E-state index in [-0.39, 0.29) is 11.6 Å². The highest BCUT2D eigenvalue weighted by atomic mass is 16.6. The van der Waals surface area contributed by atoms with Gasteiger partial charge >= 0.3 is 6.09 Å². The highest BCUT2D eigenvalue weighted by molar-refractivity contribution is 5.68. The Morgan fingerprint density at radius 1 is 1.35 bits per heavy atom. The van der Waals surface area contributed by atoms with E-state index in [1.807, 2.05) is 25.7 Å². The lowest BCUT2D eigenvalue weighted by atomic mass is 9.87. The molecule has 0 aromatic heterocycles. The Kier molecular flexibility index (Phi) is 5.83. The first-order valence-electron chi connectivity index (χ1n) is 7.71. The molecule has 0 aromatic carbocycles. The molecule has 118 valence electrons. The Bertz CT molecular complexity index is 324. The number of rotatable bonds is 4. The van der Waals surface area contributed by atoms with Crippen LogP contribution in [0, 0.1) is 0 Å². The fourth-order valence-electron chi connectivity index (χ4n) is 3.04. The third-order valence-electron chi connectivity index (χ3n) is 4.02. The van der Waals surface area contributed by atoms with Crippen LogP contribution in [0.5, 0.6) is 0 Å². The van der Waals surface area contributed by atoms with E-state index in [2.05, 4.69) is 18.7 Å². The van der Waals surface area contributed by atoms with E-state index in [1.54, 1.807) is 0 Å². The molecule has 0 aliphatic carbocycles. The molecule has 1 atom stereocenters. The van der Waals surface area contributed by atoms with Crippen molar-refractivity contribution in [3.8, 4) is 0 Å². The van der Waals surface area contributed by atoms with Gasteiger partial charge in [-0.1, -0.05) is 13.8 Å². The number of nitrogens with two attached hydrogens (primary N) is 1. The molecule has 5 heteroatoms. The van der Waals surface area contributed by atoms with Crippen LogP contribution < -0.4 is 5.73 Å². The van der Waals surface area contributed by atoms with Crippen molar-refractivity contribution in [2.75, 3.05) is 32.7 Å². The van der Waals surface area contributed by atoms with Gasteiger partial charge in [-0.3, -0.25) is 4.90 Å². The van der Waals surface area contributed by atoms with Gasteiger partial charge < -0.3 is 15.4 Å². The third-order valence-corrected chi connectivity index (χ3v) is 4.02. The van der Waals surface area contributed by atoms with Crippen LogP contribution in [-0.2, 0) is 4.74 Å². The van der Waals surface area contributed by atoms with Crippen molar-refractivity contribution >= 4 is 6.09 Å². The summed E-state index contributed by atoms with van der Waals surface area (Å²) in [7, 11) is 0. The fourth-order valence-corrected chi connectivity index (χ4v) is 3.04. The minimum absolute atomic E-state index is 0.0986. The van der Waals surface area contributed by atoms with E-state index in [9.17, 15) is 4.79 Å². The molecule has 1 saturated heterocycles. The van der Waals surface area contributed by atoms with Crippen molar-refractivity contribution in [2.45, 2.75) is 58.6 Å². The number of carbonyl (C=O) groups is 1. The second kappa shape index (κ2) is 6.76. The van der Waals surface area contributed by atoms with Gasteiger partial charge in [-0.05, 0) is 46.7 Å². The molecular formula is C15H31N3O2. The van der Waals surface area contributed by atoms with Crippen molar-refractivity contribution in [2.24, 2.45) is 5.73 Å². The molecule has 20 heavy (non-hydrogen) atoms. The molecule has 1 amide bonds. The first-order chi connectivity index (χ1) is 9.28. The first-order valence-corrected chi connectivity index (χ1v) is 7.71. The molecule has 5 nitrogen and oxygen atoms in total. The van der Waals surface area contributed by atoms with E-state index in [0.717, 1.165) is 32.5 Å². The Morgan fingerprint density at radius 2 is 1.95 bits per heavy atom. The zero-order valence-electron chi connectivity index (χ0n) is 13.7. The molecule has 1 rings (SSSR count). The zero-order valence-corrected chi connectivity index (χ0v) is 13.7. The van der Waals surface area contributed by atoms with E-state index < -0.39 is 5.60 Å². The fraction of sp³-hybridized carbons (Fsp3) is 0.933. The summed E-state index contributed by atoms with van der Waals surface area (Å²) in [5.41, 5.74) is 5.51. The number of amides is 1. The molecular weight excluding hydrogens is 254 g/mol. The van der Waals surface area contributed by atoms with Crippen molar-refractivity contribution in [1.29, 1.82) is 0 Å². The third kappa shape index (κ3) is 4.09. The maximum atomic E-state index is 12.3. The smallest absolute Gasteiger partial charge is 0.410 e. The molecule has 1 unspecified atom stereocenters. The number of hydrogen-bond donors (Lipinski definition) is 1. The quantitative estimate of drug-likeness (QED) is 0.859. The summed E-state index contributed by atoms with van der Waals surface area (Å²) in [5, 5.41) is 0. The van der Waals surface area contributed by atoms with Gasteiger partial charge in [0.2, 0.25) is 0 Å². The predicted molar refractivity (Wildman–Crippen MR) is 81.7 cm³/mol. The topological polar surface area (TPSA) is 58.8 Å². The average molecular weight is 285 g/mol.